The number of nitrogens with zero attached hydrogens (tertiary/aromatic N) is 3. The van der Waals surface area contributed by atoms with E-state index in [1.165, 1.54) is 12.8 Å². The van der Waals surface area contributed by atoms with Crippen molar-refractivity contribution in [1.29, 1.82) is 0 Å². The second-order valence-corrected chi connectivity index (χ2v) is 6.01. The van der Waals surface area contributed by atoms with E-state index in [2.05, 4.69) is 20.7 Å². The molecule has 3 heterocycles. The van der Waals surface area contributed by atoms with Gasteiger partial charge in [-0.3, -0.25) is 5.32 Å². The number of amides is 2. The molecule has 0 radical (unpaired) electrons. The molecule has 4 rings (SSSR count). The summed E-state index contributed by atoms with van der Waals surface area (Å²) in [5.74, 6) is 1.02. The Balaban J connectivity index is 1.35. The molecule has 2 fully saturated rings. The van der Waals surface area contributed by atoms with Gasteiger partial charge in [-0.25, -0.2) is 9.31 Å². The van der Waals surface area contributed by atoms with Crippen LogP contribution in [-0.2, 0) is 4.74 Å². The molecule has 0 spiro atoms. The minimum Gasteiger partial charge on any atom is -0.378 e. The van der Waals surface area contributed by atoms with E-state index in [-0.39, 0.29) is 12.1 Å². The van der Waals surface area contributed by atoms with Crippen LogP contribution in [0.15, 0.2) is 24.4 Å². The molecule has 2 atom stereocenters. The number of hydrogen-bond acceptors (Lipinski definition) is 4. The number of hydrogen-bond donors (Lipinski definition) is 2. The van der Waals surface area contributed by atoms with Gasteiger partial charge in [0.2, 0.25) is 0 Å². The van der Waals surface area contributed by atoms with Gasteiger partial charge in [-0.2, -0.15) is 4.98 Å². The SMILES string of the molecule is O=C(Nc1nc2ccccn2n1)N[C@@H]1CCO[C@H](C2CC2)C1. The van der Waals surface area contributed by atoms with Crippen molar-refractivity contribution in [2.24, 2.45) is 5.92 Å². The van der Waals surface area contributed by atoms with Gasteiger partial charge in [-0.15, -0.1) is 5.10 Å². The third kappa shape index (κ3) is 2.89. The van der Waals surface area contributed by atoms with Gasteiger partial charge in [0.05, 0.1) is 6.10 Å². The second kappa shape index (κ2) is 5.57. The topological polar surface area (TPSA) is 80.6 Å². The second-order valence-electron chi connectivity index (χ2n) is 6.01. The van der Waals surface area contributed by atoms with Gasteiger partial charge in [0.1, 0.15) is 0 Å². The number of ether oxygens (including phenoxy) is 1. The van der Waals surface area contributed by atoms with Crippen molar-refractivity contribution >= 4 is 17.6 Å². The molecule has 2 aliphatic rings. The summed E-state index contributed by atoms with van der Waals surface area (Å²) in [5.41, 5.74) is 0.706. The Hall–Kier alpha value is -2.15. The van der Waals surface area contributed by atoms with Gasteiger partial charge in [0.25, 0.3) is 5.95 Å². The molecule has 2 aromatic heterocycles. The fourth-order valence-corrected chi connectivity index (χ4v) is 2.96. The van der Waals surface area contributed by atoms with Crippen molar-refractivity contribution in [3.8, 4) is 0 Å². The molecule has 2 amide bonds. The van der Waals surface area contributed by atoms with Crippen LogP contribution in [0.2, 0.25) is 0 Å². The molecule has 0 bridgehead atoms. The van der Waals surface area contributed by atoms with Crippen molar-refractivity contribution < 1.29 is 9.53 Å². The van der Waals surface area contributed by atoms with Gasteiger partial charge in [-0.1, -0.05) is 6.07 Å². The number of pyridine rings is 1. The largest absolute Gasteiger partial charge is 0.378 e. The number of anilines is 1. The highest BCUT2D eigenvalue weighted by Crippen LogP contribution is 2.38. The van der Waals surface area contributed by atoms with Crippen LogP contribution in [0.4, 0.5) is 10.7 Å². The van der Waals surface area contributed by atoms with Crippen molar-refractivity contribution in [3.05, 3.63) is 24.4 Å². The fraction of sp³-hybridized carbons (Fsp3) is 0.533. The maximum atomic E-state index is 12.1. The van der Waals surface area contributed by atoms with Gasteiger partial charge < -0.3 is 10.1 Å². The lowest BCUT2D eigenvalue weighted by Crippen LogP contribution is -2.44. The molecule has 116 valence electrons. The lowest BCUT2D eigenvalue weighted by Gasteiger charge is -2.30. The quantitative estimate of drug-likeness (QED) is 0.906. The van der Waals surface area contributed by atoms with Crippen molar-refractivity contribution in [1.82, 2.24) is 19.9 Å². The highest BCUT2D eigenvalue weighted by molar-refractivity contribution is 5.87. The molecule has 0 aromatic carbocycles. The van der Waals surface area contributed by atoms with Crippen LogP contribution < -0.4 is 10.6 Å². The number of nitrogens with one attached hydrogen (secondary N) is 2. The zero-order valence-electron chi connectivity index (χ0n) is 12.2. The molecule has 1 aliphatic carbocycles. The van der Waals surface area contributed by atoms with E-state index < -0.39 is 0 Å². The van der Waals surface area contributed by atoms with Crippen molar-refractivity contribution in [2.45, 2.75) is 37.8 Å². The first-order valence-corrected chi connectivity index (χ1v) is 7.78. The van der Waals surface area contributed by atoms with E-state index in [1.807, 2.05) is 18.2 Å². The van der Waals surface area contributed by atoms with Crippen molar-refractivity contribution in [2.75, 3.05) is 11.9 Å². The zero-order valence-corrected chi connectivity index (χ0v) is 12.2. The van der Waals surface area contributed by atoms with Crippen LogP contribution in [0.1, 0.15) is 25.7 Å². The van der Waals surface area contributed by atoms with E-state index in [0.29, 0.717) is 23.6 Å². The molecule has 22 heavy (non-hydrogen) atoms. The van der Waals surface area contributed by atoms with E-state index >= 15 is 0 Å². The van der Waals surface area contributed by atoms with E-state index in [4.69, 9.17) is 4.74 Å². The van der Waals surface area contributed by atoms with Crippen LogP contribution >= 0.6 is 0 Å². The summed E-state index contributed by atoms with van der Waals surface area (Å²) in [6, 6.07) is 5.50. The molecule has 1 aliphatic heterocycles. The smallest absolute Gasteiger partial charge is 0.321 e. The summed E-state index contributed by atoms with van der Waals surface area (Å²) in [6.45, 7) is 0.721. The number of fused-ring (bicyclic) bond motifs is 1. The van der Waals surface area contributed by atoms with Gasteiger partial charge in [0.15, 0.2) is 5.65 Å². The van der Waals surface area contributed by atoms with E-state index in [0.717, 1.165) is 19.4 Å². The first-order chi connectivity index (χ1) is 10.8. The standard InChI is InChI=1S/C15H19N5O2/c21-15(16-11-6-8-22-12(9-11)10-4-5-10)18-14-17-13-3-1-2-7-20(13)19-14/h1-3,7,10-12H,4-6,8-9H2,(H2,16,18,19,21)/t11-,12+/m1/s1. The number of carbonyl (C=O) groups is 1. The summed E-state index contributed by atoms with van der Waals surface area (Å²) >= 11 is 0. The van der Waals surface area contributed by atoms with E-state index in [9.17, 15) is 4.79 Å². The van der Waals surface area contributed by atoms with Gasteiger partial charge in [-0.05, 0) is 43.7 Å². The lowest BCUT2D eigenvalue weighted by molar-refractivity contribution is -0.00890. The van der Waals surface area contributed by atoms with Crippen molar-refractivity contribution in [3.63, 3.8) is 0 Å². The highest BCUT2D eigenvalue weighted by Gasteiger charge is 2.36. The highest BCUT2D eigenvalue weighted by atomic mass is 16.5. The van der Waals surface area contributed by atoms with Crippen LogP contribution in [0.3, 0.4) is 0 Å². The van der Waals surface area contributed by atoms with Crippen LogP contribution in [-0.4, -0.2) is 39.4 Å². The average Bonchev–Trinajstić information content (AvgIpc) is 3.28. The number of carbonyl (C=O) groups excluding carboxylic acids is 1. The first kappa shape index (κ1) is 13.5. The number of rotatable bonds is 3. The molecule has 7 nitrogen and oxygen atoms in total. The molecular formula is C15H19N5O2. The minimum atomic E-state index is -0.252. The summed E-state index contributed by atoms with van der Waals surface area (Å²) in [7, 11) is 0. The third-order valence-corrected chi connectivity index (χ3v) is 4.26. The molecule has 2 N–H and O–H groups in total. The minimum absolute atomic E-state index is 0.163. The summed E-state index contributed by atoms with van der Waals surface area (Å²) in [5, 5.41) is 9.92. The number of aromatic nitrogens is 3. The monoisotopic (exact) mass is 301 g/mol. The fourth-order valence-electron chi connectivity index (χ4n) is 2.96. The Kier molecular flexibility index (Phi) is 3.42. The Morgan fingerprint density at radius 3 is 3.05 bits per heavy atom. The van der Waals surface area contributed by atoms with Crippen LogP contribution in [0.5, 0.6) is 0 Å². The van der Waals surface area contributed by atoms with Crippen LogP contribution in [0.25, 0.3) is 5.65 Å². The molecule has 1 saturated carbocycles. The molecule has 2 aromatic rings. The Morgan fingerprint density at radius 1 is 1.32 bits per heavy atom. The molecule has 7 heteroatoms. The predicted molar refractivity (Wildman–Crippen MR) is 80.6 cm³/mol. The first-order valence-electron chi connectivity index (χ1n) is 7.78. The normalized spacial score (nSPS) is 25.1. The maximum Gasteiger partial charge on any atom is 0.321 e. The Morgan fingerprint density at radius 2 is 2.23 bits per heavy atom. The third-order valence-electron chi connectivity index (χ3n) is 4.26. The summed E-state index contributed by atoms with van der Waals surface area (Å²) < 4.78 is 7.40. The average molecular weight is 301 g/mol. The summed E-state index contributed by atoms with van der Waals surface area (Å²) in [6.07, 6.45) is 6.38. The molecular weight excluding hydrogens is 282 g/mol. The van der Waals surface area contributed by atoms with Gasteiger partial charge >= 0.3 is 6.03 Å². The molecule has 1 saturated heterocycles. The predicted octanol–water partition coefficient (Wildman–Crippen LogP) is 1.81. The Bertz CT molecular complexity index is 648. The summed E-state index contributed by atoms with van der Waals surface area (Å²) in [4.78, 5) is 16.4. The Labute approximate surface area is 128 Å². The number of urea groups is 1. The van der Waals surface area contributed by atoms with E-state index in [1.54, 1.807) is 10.7 Å². The molecule has 0 unspecified atom stereocenters. The van der Waals surface area contributed by atoms with Crippen LogP contribution in [0, 0.1) is 5.92 Å². The maximum absolute atomic E-state index is 12.1. The van der Waals surface area contributed by atoms with Gasteiger partial charge in [0, 0.05) is 18.8 Å². The zero-order chi connectivity index (χ0) is 14.9. The lowest BCUT2D eigenvalue weighted by atomic mass is 10.0.